The van der Waals surface area contributed by atoms with Gasteiger partial charge in [0.05, 0.1) is 0 Å². The van der Waals surface area contributed by atoms with Crippen molar-refractivity contribution in [3.63, 3.8) is 0 Å². The van der Waals surface area contributed by atoms with Crippen LogP contribution in [0.3, 0.4) is 0 Å². The molecule has 1 nitrogen and oxygen atoms in total. The van der Waals surface area contributed by atoms with Crippen molar-refractivity contribution in [2.45, 2.75) is 13.3 Å². The molecule has 0 aromatic heterocycles. The van der Waals surface area contributed by atoms with E-state index >= 15 is 0 Å². The van der Waals surface area contributed by atoms with E-state index in [0.29, 0.717) is 5.56 Å². The number of ketones is 1. The van der Waals surface area contributed by atoms with Crippen LogP contribution in [0.15, 0.2) is 40.9 Å². The standard InChI is InChI=1S/C15H11BrF2O/c1-9-12(3-2-4-13(9)16)15(19)8-10-7-11(17)5-6-14(10)18/h2-7H,8H2,1H3. The predicted molar refractivity (Wildman–Crippen MR) is 73.3 cm³/mol. The molecule has 0 fully saturated rings. The number of carbonyl (C=O) groups excluding carboxylic acids is 1. The van der Waals surface area contributed by atoms with Crippen molar-refractivity contribution in [3.05, 3.63) is 69.2 Å². The Morgan fingerprint density at radius 3 is 2.68 bits per heavy atom. The molecule has 0 radical (unpaired) electrons. The zero-order valence-electron chi connectivity index (χ0n) is 10.2. The van der Waals surface area contributed by atoms with Crippen LogP contribution >= 0.6 is 15.9 Å². The molecule has 19 heavy (non-hydrogen) atoms. The van der Waals surface area contributed by atoms with Gasteiger partial charge in [0.2, 0.25) is 0 Å². The monoisotopic (exact) mass is 324 g/mol. The Kier molecular flexibility index (Phi) is 4.10. The number of hydrogen-bond acceptors (Lipinski definition) is 1. The molecule has 0 unspecified atom stereocenters. The first-order valence-corrected chi connectivity index (χ1v) is 6.50. The largest absolute Gasteiger partial charge is 0.294 e. The molecule has 0 aliphatic rings. The summed E-state index contributed by atoms with van der Waals surface area (Å²) in [6.07, 6.45) is -0.152. The second kappa shape index (κ2) is 5.61. The van der Waals surface area contributed by atoms with Gasteiger partial charge in [-0.15, -0.1) is 0 Å². The predicted octanol–water partition coefficient (Wildman–Crippen LogP) is 4.46. The molecule has 0 atom stereocenters. The normalized spacial score (nSPS) is 10.5. The molecule has 0 bridgehead atoms. The topological polar surface area (TPSA) is 17.1 Å². The highest BCUT2D eigenvalue weighted by molar-refractivity contribution is 9.10. The van der Waals surface area contributed by atoms with Crippen LogP contribution in [0.4, 0.5) is 8.78 Å². The second-order valence-electron chi connectivity index (χ2n) is 4.25. The highest BCUT2D eigenvalue weighted by Gasteiger charge is 2.14. The molecular weight excluding hydrogens is 314 g/mol. The summed E-state index contributed by atoms with van der Waals surface area (Å²) >= 11 is 3.34. The van der Waals surface area contributed by atoms with Gasteiger partial charge in [-0.3, -0.25) is 4.79 Å². The summed E-state index contributed by atoms with van der Waals surface area (Å²) in [4.78, 5) is 12.1. The summed E-state index contributed by atoms with van der Waals surface area (Å²) in [7, 11) is 0. The molecule has 2 rings (SSSR count). The summed E-state index contributed by atoms with van der Waals surface area (Å²) in [5.74, 6) is -1.35. The highest BCUT2D eigenvalue weighted by atomic mass is 79.9. The molecular formula is C15H11BrF2O. The Morgan fingerprint density at radius 1 is 1.21 bits per heavy atom. The number of hydrogen-bond donors (Lipinski definition) is 0. The summed E-state index contributed by atoms with van der Waals surface area (Å²) in [5.41, 5.74) is 1.38. The van der Waals surface area contributed by atoms with Crippen LogP contribution in [0.2, 0.25) is 0 Å². The van der Waals surface area contributed by atoms with E-state index in [0.717, 1.165) is 28.2 Å². The van der Waals surface area contributed by atoms with Crippen LogP contribution in [-0.4, -0.2) is 5.78 Å². The van der Waals surface area contributed by atoms with E-state index in [9.17, 15) is 13.6 Å². The van der Waals surface area contributed by atoms with Crippen molar-refractivity contribution in [3.8, 4) is 0 Å². The minimum Gasteiger partial charge on any atom is -0.294 e. The fraction of sp³-hybridized carbons (Fsp3) is 0.133. The summed E-state index contributed by atoms with van der Waals surface area (Å²) < 4.78 is 27.4. The van der Waals surface area contributed by atoms with E-state index in [2.05, 4.69) is 15.9 Å². The zero-order valence-corrected chi connectivity index (χ0v) is 11.8. The number of halogens is 3. The van der Waals surface area contributed by atoms with Gasteiger partial charge in [-0.25, -0.2) is 8.78 Å². The third-order valence-corrected chi connectivity index (χ3v) is 3.79. The van der Waals surface area contributed by atoms with Crippen LogP contribution in [0.25, 0.3) is 0 Å². The Labute approximate surface area is 118 Å². The lowest BCUT2D eigenvalue weighted by atomic mass is 9.99. The van der Waals surface area contributed by atoms with E-state index < -0.39 is 11.6 Å². The molecule has 4 heteroatoms. The Morgan fingerprint density at radius 2 is 1.95 bits per heavy atom. The van der Waals surface area contributed by atoms with Crippen LogP contribution in [0, 0.1) is 18.6 Å². The molecule has 2 aromatic carbocycles. The van der Waals surface area contributed by atoms with Crippen molar-refractivity contribution in [2.24, 2.45) is 0 Å². The van der Waals surface area contributed by atoms with Gasteiger partial charge in [-0.2, -0.15) is 0 Å². The molecule has 0 N–H and O–H groups in total. The highest BCUT2D eigenvalue weighted by Crippen LogP contribution is 2.21. The molecule has 0 aliphatic carbocycles. The Hall–Kier alpha value is -1.55. The van der Waals surface area contributed by atoms with Gasteiger partial charge in [-0.05, 0) is 42.3 Å². The fourth-order valence-electron chi connectivity index (χ4n) is 1.86. The summed E-state index contributed by atoms with van der Waals surface area (Å²) in [6, 6.07) is 8.38. The first-order valence-electron chi connectivity index (χ1n) is 5.71. The molecule has 0 aliphatic heterocycles. The fourth-order valence-corrected chi connectivity index (χ4v) is 2.22. The van der Waals surface area contributed by atoms with Gasteiger partial charge in [0.1, 0.15) is 11.6 Å². The van der Waals surface area contributed by atoms with Crippen LogP contribution in [0.1, 0.15) is 21.5 Å². The van der Waals surface area contributed by atoms with Crippen molar-refractivity contribution in [1.82, 2.24) is 0 Å². The lowest BCUT2D eigenvalue weighted by Crippen LogP contribution is -2.07. The minimum absolute atomic E-state index is 0.0735. The van der Waals surface area contributed by atoms with Crippen molar-refractivity contribution in [1.29, 1.82) is 0 Å². The van der Waals surface area contributed by atoms with Gasteiger partial charge >= 0.3 is 0 Å². The van der Waals surface area contributed by atoms with Gasteiger partial charge in [-0.1, -0.05) is 28.1 Å². The zero-order chi connectivity index (χ0) is 14.0. The molecule has 0 saturated carbocycles. The summed E-state index contributed by atoms with van der Waals surface area (Å²) in [5, 5.41) is 0. The number of rotatable bonds is 3. The minimum atomic E-state index is -0.567. The third kappa shape index (κ3) is 3.07. The smallest absolute Gasteiger partial charge is 0.167 e. The van der Waals surface area contributed by atoms with Crippen molar-refractivity contribution in [2.75, 3.05) is 0 Å². The van der Waals surface area contributed by atoms with Crippen LogP contribution in [-0.2, 0) is 6.42 Å². The maximum absolute atomic E-state index is 13.5. The van der Waals surface area contributed by atoms with E-state index in [1.807, 2.05) is 6.07 Å². The molecule has 0 amide bonds. The Bertz CT molecular complexity index is 638. The van der Waals surface area contributed by atoms with Crippen molar-refractivity contribution < 1.29 is 13.6 Å². The molecule has 0 heterocycles. The van der Waals surface area contributed by atoms with Gasteiger partial charge in [0.15, 0.2) is 5.78 Å². The van der Waals surface area contributed by atoms with Gasteiger partial charge in [0.25, 0.3) is 0 Å². The lowest BCUT2D eigenvalue weighted by Gasteiger charge is -2.07. The van der Waals surface area contributed by atoms with Gasteiger partial charge < -0.3 is 0 Å². The van der Waals surface area contributed by atoms with E-state index in [4.69, 9.17) is 0 Å². The molecule has 0 saturated heterocycles. The Balaban J connectivity index is 2.31. The average Bonchev–Trinajstić information content (AvgIpc) is 2.37. The van der Waals surface area contributed by atoms with E-state index in [-0.39, 0.29) is 17.8 Å². The number of benzene rings is 2. The van der Waals surface area contributed by atoms with E-state index in [1.165, 1.54) is 0 Å². The molecule has 2 aromatic rings. The lowest BCUT2D eigenvalue weighted by molar-refractivity contribution is 0.0991. The van der Waals surface area contributed by atoms with Gasteiger partial charge in [0, 0.05) is 16.5 Å². The molecule has 0 spiro atoms. The molecule has 98 valence electrons. The van der Waals surface area contributed by atoms with Crippen LogP contribution < -0.4 is 0 Å². The maximum atomic E-state index is 13.5. The SMILES string of the molecule is Cc1c(Br)cccc1C(=O)Cc1cc(F)ccc1F. The average molecular weight is 325 g/mol. The van der Waals surface area contributed by atoms with Crippen molar-refractivity contribution >= 4 is 21.7 Å². The third-order valence-electron chi connectivity index (χ3n) is 2.93. The number of Topliss-reactive ketones (excluding diaryl/α,β-unsaturated/α-hetero) is 1. The second-order valence-corrected chi connectivity index (χ2v) is 5.10. The first-order chi connectivity index (χ1) is 8.99. The number of carbonyl (C=O) groups is 1. The van der Waals surface area contributed by atoms with E-state index in [1.54, 1.807) is 19.1 Å². The maximum Gasteiger partial charge on any atom is 0.167 e. The first kappa shape index (κ1) is 13.9. The summed E-state index contributed by atoms with van der Waals surface area (Å²) in [6.45, 7) is 1.80. The quantitative estimate of drug-likeness (QED) is 0.762. The van der Waals surface area contributed by atoms with Crippen LogP contribution in [0.5, 0.6) is 0 Å².